The van der Waals surface area contributed by atoms with Crippen LogP contribution in [0.4, 0.5) is 0 Å². The molecule has 0 heterocycles. The molecule has 1 aromatic rings. The lowest BCUT2D eigenvalue weighted by atomic mass is 9.95. The summed E-state index contributed by atoms with van der Waals surface area (Å²) in [6.07, 6.45) is 6.75. The molecule has 16 heavy (non-hydrogen) atoms. The van der Waals surface area contributed by atoms with Gasteiger partial charge < -0.3 is 5.32 Å². The van der Waals surface area contributed by atoms with Crippen molar-refractivity contribution in [2.45, 2.75) is 44.7 Å². The summed E-state index contributed by atoms with van der Waals surface area (Å²) in [6.45, 7) is 0.878. The molecule has 2 rings (SSSR count). The Kier molecular flexibility index (Phi) is 4.68. The third kappa shape index (κ3) is 3.22. The van der Waals surface area contributed by atoms with Gasteiger partial charge >= 0.3 is 0 Å². The average molecular weight is 303 g/mol. The van der Waals surface area contributed by atoms with E-state index in [0.29, 0.717) is 6.04 Å². The molecule has 0 spiro atoms. The van der Waals surface area contributed by atoms with Crippen LogP contribution < -0.4 is 5.32 Å². The minimum Gasteiger partial charge on any atom is -0.310 e. The first-order valence-corrected chi connectivity index (χ1v) is 7.11. The third-order valence-corrected chi connectivity index (χ3v) is 4.55. The highest BCUT2D eigenvalue weighted by Gasteiger charge is 2.13. The van der Waals surface area contributed by atoms with Crippen LogP contribution in [-0.2, 0) is 6.54 Å². The van der Waals surface area contributed by atoms with Gasteiger partial charge in [-0.25, -0.2) is 0 Å². The third-order valence-electron chi connectivity index (χ3n) is 3.22. The van der Waals surface area contributed by atoms with Gasteiger partial charge in [0.25, 0.3) is 0 Å². The highest BCUT2D eigenvalue weighted by atomic mass is 79.9. The zero-order valence-corrected chi connectivity index (χ0v) is 11.6. The summed E-state index contributed by atoms with van der Waals surface area (Å²) in [4.78, 5) is 0. The van der Waals surface area contributed by atoms with Gasteiger partial charge in [-0.1, -0.05) is 43.0 Å². The summed E-state index contributed by atoms with van der Waals surface area (Å²) in [5, 5.41) is 4.44. The summed E-state index contributed by atoms with van der Waals surface area (Å²) in [7, 11) is 0. The lowest BCUT2D eigenvalue weighted by Gasteiger charge is -2.23. The highest BCUT2D eigenvalue weighted by molar-refractivity contribution is 9.10. The molecule has 1 N–H and O–H groups in total. The second kappa shape index (κ2) is 6.04. The van der Waals surface area contributed by atoms with E-state index in [0.717, 1.165) is 16.0 Å². The van der Waals surface area contributed by atoms with E-state index in [1.54, 1.807) is 0 Å². The van der Waals surface area contributed by atoms with Gasteiger partial charge in [-0.15, -0.1) is 0 Å². The Morgan fingerprint density at radius 2 is 2.00 bits per heavy atom. The summed E-state index contributed by atoms with van der Waals surface area (Å²) >= 11 is 9.68. The van der Waals surface area contributed by atoms with Gasteiger partial charge in [-0.3, -0.25) is 0 Å². The maximum Gasteiger partial charge on any atom is 0.0592 e. The Morgan fingerprint density at radius 3 is 2.75 bits per heavy atom. The molecule has 0 saturated heterocycles. The largest absolute Gasteiger partial charge is 0.310 e. The van der Waals surface area contributed by atoms with Crippen LogP contribution in [0.15, 0.2) is 22.7 Å². The molecule has 1 aromatic carbocycles. The molecule has 3 heteroatoms. The van der Waals surface area contributed by atoms with Crippen molar-refractivity contribution in [1.82, 2.24) is 5.32 Å². The number of hydrogen-bond acceptors (Lipinski definition) is 1. The summed E-state index contributed by atoms with van der Waals surface area (Å²) in [5.41, 5.74) is 1.18. The summed E-state index contributed by atoms with van der Waals surface area (Å²) in [5.74, 6) is 0. The molecule has 88 valence electrons. The van der Waals surface area contributed by atoms with E-state index < -0.39 is 0 Å². The molecule has 1 saturated carbocycles. The second-order valence-corrected chi connectivity index (χ2v) is 5.66. The van der Waals surface area contributed by atoms with Gasteiger partial charge in [0.2, 0.25) is 0 Å². The monoisotopic (exact) mass is 301 g/mol. The Morgan fingerprint density at radius 1 is 1.25 bits per heavy atom. The SMILES string of the molecule is Clc1c(Br)cccc1CNC1CCCCC1. The number of nitrogens with one attached hydrogen (secondary N) is 1. The Hall–Kier alpha value is -0.0500. The van der Waals surface area contributed by atoms with Gasteiger partial charge in [0, 0.05) is 17.1 Å². The van der Waals surface area contributed by atoms with Crippen LogP contribution in [0.3, 0.4) is 0 Å². The van der Waals surface area contributed by atoms with E-state index in [1.165, 1.54) is 37.7 Å². The smallest absolute Gasteiger partial charge is 0.0592 e. The van der Waals surface area contributed by atoms with Crippen molar-refractivity contribution in [2.75, 3.05) is 0 Å². The van der Waals surface area contributed by atoms with Crippen LogP contribution in [0, 0.1) is 0 Å². The van der Waals surface area contributed by atoms with Crippen molar-refractivity contribution >= 4 is 27.5 Å². The molecule has 0 atom stereocenters. The fourth-order valence-electron chi connectivity index (χ4n) is 2.25. The normalized spacial score (nSPS) is 17.6. The minimum atomic E-state index is 0.684. The summed E-state index contributed by atoms with van der Waals surface area (Å²) in [6, 6.07) is 6.78. The molecule has 0 bridgehead atoms. The highest BCUT2D eigenvalue weighted by Crippen LogP contribution is 2.26. The second-order valence-electron chi connectivity index (χ2n) is 4.43. The van der Waals surface area contributed by atoms with E-state index in [9.17, 15) is 0 Å². The van der Waals surface area contributed by atoms with Crippen molar-refractivity contribution in [3.05, 3.63) is 33.3 Å². The van der Waals surface area contributed by atoms with Crippen molar-refractivity contribution < 1.29 is 0 Å². The summed E-state index contributed by atoms with van der Waals surface area (Å²) < 4.78 is 0.983. The first-order chi connectivity index (χ1) is 7.77. The van der Waals surface area contributed by atoms with Crippen LogP contribution >= 0.6 is 27.5 Å². The van der Waals surface area contributed by atoms with E-state index in [2.05, 4.69) is 27.3 Å². The van der Waals surface area contributed by atoms with Crippen molar-refractivity contribution in [3.8, 4) is 0 Å². The molecule has 0 aliphatic heterocycles. The number of rotatable bonds is 3. The van der Waals surface area contributed by atoms with Crippen LogP contribution in [-0.4, -0.2) is 6.04 Å². The van der Waals surface area contributed by atoms with Crippen molar-refractivity contribution in [2.24, 2.45) is 0 Å². The minimum absolute atomic E-state index is 0.684. The number of halogens is 2. The van der Waals surface area contributed by atoms with Gasteiger partial charge in [0.1, 0.15) is 0 Å². The molecule has 1 nitrogen and oxygen atoms in total. The van der Waals surface area contributed by atoms with Gasteiger partial charge in [0.05, 0.1) is 5.02 Å². The molecule has 0 unspecified atom stereocenters. The van der Waals surface area contributed by atoms with Crippen molar-refractivity contribution in [3.63, 3.8) is 0 Å². The van der Waals surface area contributed by atoms with Gasteiger partial charge in [-0.05, 0) is 40.4 Å². The first-order valence-electron chi connectivity index (χ1n) is 5.93. The van der Waals surface area contributed by atoms with Crippen LogP contribution in [0.1, 0.15) is 37.7 Å². The standard InChI is InChI=1S/C13H17BrClN/c14-12-8-4-5-10(13(12)15)9-16-11-6-2-1-3-7-11/h4-5,8,11,16H,1-3,6-7,9H2. The lowest BCUT2D eigenvalue weighted by Crippen LogP contribution is -2.30. The van der Waals surface area contributed by atoms with E-state index in [-0.39, 0.29) is 0 Å². The predicted molar refractivity (Wildman–Crippen MR) is 72.9 cm³/mol. The molecular formula is C13H17BrClN. The molecule has 1 aliphatic rings. The molecule has 0 aromatic heterocycles. The predicted octanol–water partition coefficient (Wildman–Crippen LogP) is 4.52. The first kappa shape index (κ1) is 12.4. The maximum absolute atomic E-state index is 6.22. The van der Waals surface area contributed by atoms with Crippen LogP contribution in [0.5, 0.6) is 0 Å². The van der Waals surface area contributed by atoms with Crippen molar-refractivity contribution in [1.29, 1.82) is 0 Å². The lowest BCUT2D eigenvalue weighted by molar-refractivity contribution is 0.372. The molecule has 1 aliphatic carbocycles. The zero-order chi connectivity index (χ0) is 11.4. The molecule has 0 amide bonds. The van der Waals surface area contributed by atoms with E-state index in [4.69, 9.17) is 11.6 Å². The van der Waals surface area contributed by atoms with E-state index in [1.807, 2.05) is 12.1 Å². The average Bonchev–Trinajstić information content (AvgIpc) is 2.32. The maximum atomic E-state index is 6.22. The van der Waals surface area contributed by atoms with Gasteiger partial charge in [0.15, 0.2) is 0 Å². The van der Waals surface area contributed by atoms with Crippen LogP contribution in [0.2, 0.25) is 5.02 Å². The molecular weight excluding hydrogens is 286 g/mol. The quantitative estimate of drug-likeness (QED) is 0.865. The number of hydrogen-bond donors (Lipinski definition) is 1. The van der Waals surface area contributed by atoms with E-state index >= 15 is 0 Å². The molecule has 0 radical (unpaired) electrons. The Bertz CT molecular complexity index is 348. The zero-order valence-electron chi connectivity index (χ0n) is 9.31. The van der Waals surface area contributed by atoms with Gasteiger partial charge in [-0.2, -0.15) is 0 Å². The van der Waals surface area contributed by atoms with Crippen LogP contribution in [0.25, 0.3) is 0 Å². The fourth-order valence-corrected chi connectivity index (χ4v) is 2.85. The topological polar surface area (TPSA) is 12.0 Å². The molecule has 1 fully saturated rings. The number of benzene rings is 1. The Labute approximate surface area is 111 Å². The fraction of sp³-hybridized carbons (Fsp3) is 0.538. The Balaban J connectivity index is 1.91.